The topological polar surface area (TPSA) is 110 Å². The average molecular weight is 393 g/mol. The van der Waals surface area contributed by atoms with Crippen molar-refractivity contribution < 1.29 is 9.66 Å². The van der Waals surface area contributed by atoms with Crippen molar-refractivity contribution in [2.45, 2.75) is 5.92 Å². The van der Waals surface area contributed by atoms with Gasteiger partial charge in [-0.25, -0.2) is 19.9 Å². The minimum Gasteiger partial charge on any atom is -0.420 e. The molecule has 0 bridgehead atoms. The van der Waals surface area contributed by atoms with E-state index in [2.05, 4.69) is 19.9 Å². The fourth-order valence-electron chi connectivity index (χ4n) is 3.48. The summed E-state index contributed by atoms with van der Waals surface area (Å²) in [5.74, 6) is 1.84. The summed E-state index contributed by atoms with van der Waals surface area (Å²) in [5.41, 5.74) is 2.38. The van der Waals surface area contributed by atoms with Crippen LogP contribution < -0.4 is 14.5 Å². The molecular weight excluding hydrogens is 374 g/mol. The number of ether oxygens (including phenoxy) is 1. The van der Waals surface area contributed by atoms with Crippen LogP contribution in [0, 0.1) is 10.1 Å². The molecule has 4 rings (SSSR count). The van der Waals surface area contributed by atoms with Crippen molar-refractivity contribution in [2.24, 2.45) is 0 Å². The minimum absolute atomic E-state index is 0.0237. The van der Waals surface area contributed by atoms with Crippen molar-refractivity contribution in [1.82, 2.24) is 19.9 Å². The van der Waals surface area contributed by atoms with Crippen LogP contribution in [0.4, 0.5) is 17.3 Å². The van der Waals surface area contributed by atoms with E-state index in [9.17, 15) is 10.1 Å². The molecule has 3 aromatic rings. The standard InChI is InChI=1S/C19H19N7O3/c1-24(2)16-14-13(11-5-7-12(8-6-11)26(27)28)15-17(25(3)4)21-10-23-19(15)29-18(14)22-9-20-16/h5-10,13H,1-4H3. The molecule has 10 nitrogen and oxygen atoms in total. The van der Waals surface area contributed by atoms with Gasteiger partial charge in [0.2, 0.25) is 11.8 Å². The Bertz CT molecular complexity index is 1030. The van der Waals surface area contributed by atoms with Gasteiger partial charge >= 0.3 is 0 Å². The number of anilines is 2. The number of nitro benzene ring substituents is 1. The van der Waals surface area contributed by atoms with Gasteiger partial charge in [0, 0.05) is 40.3 Å². The van der Waals surface area contributed by atoms with Crippen molar-refractivity contribution >= 4 is 17.3 Å². The summed E-state index contributed by atoms with van der Waals surface area (Å²) in [4.78, 5) is 31.9. The van der Waals surface area contributed by atoms with Crippen LogP contribution in [0.2, 0.25) is 0 Å². The van der Waals surface area contributed by atoms with Gasteiger partial charge in [0.1, 0.15) is 24.3 Å². The molecule has 0 spiro atoms. The average Bonchev–Trinajstić information content (AvgIpc) is 2.70. The van der Waals surface area contributed by atoms with E-state index in [4.69, 9.17) is 4.74 Å². The van der Waals surface area contributed by atoms with Crippen LogP contribution in [0.1, 0.15) is 22.6 Å². The molecule has 0 amide bonds. The highest BCUT2D eigenvalue weighted by Gasteiger charge is 2.37. The first-order valence-electron chi connectivity index (χ1n) is 8.85. The molecule has 0 saturated carbocycles. The van der Waals surface area contributed by atoms with Crippen molar-refractivity contribution in [3.8, 4) is 11.8 Å². The largest absolute Gasteiger partial charge is 0.420 e. The Morgan fingerprint density at radius 1 is 0.862 bits per heavy atom. The zero-order valence-corrected chi connectivity index (χ0v) is 16.4. The number of aromatic nitrogens is 4. The van der Waals surface area contributed by atoms with E-state index in [1.54, 1.807) is 12.1 Å². The first-order valence-corrected chi connectivity index (χ1v) is 8.85. The lowest BCUT2D eigenvalue weighted by molar-refractivity contribution is -0.384. The third kappa shape index (κ3) is 3.08. The summed E-state index contributed by atoms with van der Waals surface area (Å²) in [5, 5.41) is 11.1. The second-order valence-corrected chi connectivity index (χ2v) is 7.00. The van der Waals surface area contributed by atoms with E-state index in [1.807, 2.05) is 38.0 Å². The van der Waals surface area contributed by atoms with Gasteiger partial charge < -0.3 is 14.5 Å². The molecule has 148 valence electrons. The molecule has 3 heterocycles. The Kier molecular flexibility index (Phi) is 4.45. The Hall–Kier alpha value is -3.82. The quantitative estimate of drug-likeness (QED) is 0.381. The predicted octanol–water partition coefficient (Wildman–Crippen LogP) is 2.59. The number of hydrogen-bond donors (Lipinski definition) is 0. The maximum Gasteiger partial charge on any atom is 0.269 e. The normalized spacial score (nSPS) is 12.6. The molecular formula is C19H19N7O3. The summed E-state index contributed by atoms with van der Waals surface area (Å²) >= 11 is 0. The van der Waals surface area contributed by atoms with Crippen molar-refractivity contribution in [1.29, 1.82) is 0 Å². The summed E-state index contributed by atoms with van der Waals surface area (Å²) in [7, 11) is 7.55. The van der Waals surface area contributed by atoms with Gasteiger partial charge in [0.15, 0.2) is 0 Å². The number of non-ortho nitro benzene ring substituents is 1. The van der Waals surface area contributed by atoms with Crippen molar-refractivity contribution in [2.75, 3.05) is 38.0 Å². The van der Waals surface area contributed by atoms with E-state index in [1.165, 1.54) is 24.8 Å². The van der Waals surface area contributed by atoms with E-state index in [-0.39, 0.29) is 11.6 Å². The van der Waals surface area contributed by atoms with Crippen LogP contribution in [0.3, 0.4) is 0 Å². The summed E-state index contributed by atoms with van der Waals surface area (Å²) in [6, 6.07) is 6.45. The Morgan fingerprint density at radius 3 is 1.76 bits per heavy atom. The maximum atomic E-state index is 11.1. The summed E-state index contributed by atoms with van der Waals surface area (Å²) < 4.78 is 6.01. The number of nitro groups is 1. The van der Waals surface area contributed by atoms with Crippen LogP contribution in [-0.2, 0) is 0 Å². The second kappa shape index (κ2) is 6.97. The molecule has 1 aromatic carbocycles. The summed E-state index contributed by atoms with van der Waals surface area (Å²) in [6.45, 7) is 0. The van der Waals surface area contributed by atoms with Gasteiger partial charge in [-0.05, 0) is 5.56 Å². The van der Waals surface area contributed by atoms with Crippen molar-refractivity contribution in [3.63, 3.8) is 0 Å². The van der Waals surface area contributed by atoms with Crippen molar-refractivity contribution in [3.05, 3.63) is 63.7 Å². The Labute approximate surface area is 167 Å². The third-order valence-electron chi connectivity index (χ3n) is 4.71. The third-order valence-corrected chi connectivity index (χ3v) is 4.71. The zero-order chi connectivity index (χ0) is 20.7. The van der Waals surface area contributed by atoms with Crippen LogP contribution >= 0.6 is 0 Å². The number of benzene rings is 1. The lowest BCUT2D eigenvalue weighted by Crippen LogP contribution is -2.24. The molecule has 0 aliphatic carbocycles. The molecule has 0 N–H and O–H groups in total. The highest BCUT2D eigenvalue weighted by molar-refractivity contribution is 5.68. The zero-order valence-electron chi connectivity index (χ0n) is 16.4. The Morgan fingerprint density at radius 2 is 1.34 bits per heavy atom. The predicted molar refractivity (Wildman–Crippen MR) is 107 cm³/mol. The number of fused-ring (bicyclic) bond motifs is 2. The molecule has 1 aliphatic heterocycles. The van der Waals surface area contributed by atoms with Gasteiger partial charge in [-0.3, -0.25) is 10.1 Å². The number of rotatable bonds is 4. The molecule has 10 heteroatoms. The minimum atomic E-state index is -0.418. The molecule has 2 aromatic heterocycles. The molecule has 1 aliphatic rings. The van der Waals surface area contributed by atoms with Crippen LogP contribution in [-0.4, -0.2) is 53.0 Å². The van der Waals surface area contributed by atoms with E-state index < -0.39 is 4.92 Å². The van der Waals surface area contributed by atoms with E-state index in [0.29, 0.717) is 23.4 Å². The maximum absolute atomic E-state index is 11.1. The van der Waals surface area contributed by atoms with Crippen LogP contribution in [0.25, 0.3) is 0 Å². The second-order valence-electron chi connectivity index (χ2n) is 7.00. The molecule has 0 fully saturated rings. The van der Waals surface area contributed by atoms with Crippen LogP contribution in [0.15, 0.2) is 36.9 Å². The lowest BCUT2D eigenvalue weighted by Gasteiger charge is -2.31. The smallest absolute Gasteiger partial charge is 0.269 e. The first-order chi connectivity index (χ1) is 13.9. The van der Waals surface area contributed by atoms with Gasteiger partial charge in [0.05, 0.1) is 22.0 Å². The SMILES string of the molecule is CN(C)c1ncnc2c1C(c1ccc([N+](=O)[O-])cc1)c1c(ncnc1N(C)C)O2. The lowest BCUT2D eigenvalue weighted by atomic mass is 9.84. The van der Waals surface area contributed by atoms with Gasteiger partial charge in [-0.15, -0.1) is 0 Å². The highest BCUT2D eigenvalue weighted by Crippen LogP contribution is 2.50. The molecule has 0 radical (unpaired) electrons. The first kappa shape index (κ1) is 18.5. The summed E-state index contributed by atoms with van der Waals surface area (Å²) in [6.07, 6.45) is 2.89. The number of nitrogens with zero attached hydrogens (tertiary/aromatic N) is 7. The Balaban J connectivity index is 2.01. The van der Waals surface area contributed by atoms with Gasteiger partial charge in [-0.2, -0.15) is 0 Å². The fraction of sp³-hybridized carbons (Fsp3) is 0.263. The molecule has 0 atom stereocenters. The number of hydrogen-bond acceptors (Lipinski definition) is 9. The molecule has 29 heavy (non-hydrogen) atoms. The van der Waals surface area contributed by atoms with Gasteiger partial charge in [-0.1, -0.05) is 12.1 Å². The molecule has 0 unspecified atom stereocenters. The van der Waals surface area contributed by atoms with E-state index in [0.717, 1.165) is 16.7 Å². The van der Waals surface area contributed by atoms with Gasteiger partial charge in [0.25, 0.3) is 5.69 Å². The van der Waals surface area contributed by atoms with E-state index >= 15 is 0 Å². The highest BCUT2D eigenvalue weighted by atomic mass is 16.6. The molecule has 0 saturated heterocycles. The monoisotopic (exact) mass is 393 g/mol. The van der Waals surface area contributed by atoms with Crippen LogP contribution in [0.5, 0.6) is 11.8 Å². The fourth-order valence-corrected chi connectivity index (χ4v) is 3.48.